The molecule has 0 N–H and O–H groups in total. The second-order valence-electron chi connectivity index (χ2n) is 2.51. The average molecular weight is 181 g/mol. The third-order valence-corrected chi connectivity index (χ3v) is 1.67. The Hall–Kier alpha value is -1.17. The average Bonchev–Trinajstić information content (AvgIpc) is 2.67. The Balaban J connectivity index is 0.000000980. The first-order chi connectivity index (χ1) is 6.40. The number of methoxy groups -OCH3 is 1. The van der Waals surface area contributed by atoms with Crippen LogP contribution >= 0.6 is 0 Å². The van der Waals surface area contributed by atoms with Crippen molar-refractivity contribution >= 4 is 0 Å². The predicted molar refractivity (Wildman–Crippen MR) is 47.3 cm³/mol. The molecule has 0 unspecified atom stereocenters. The van der Waals surface area contributed by atoms with Crippen molar-refractivity contribution in [2.75, 3.05) is 7.11 Å². The van der Waals surface area contributed by atoms with Crippen LogP contribution in [0, 0.1) is 6.07 Å². The van der Waals surface area contributed by atoms with Gasteiger partial charge in [0.2, 0.25) is 0 Å². The van der Waals surface area contributed by atoms with E-state index in [9.17, 15) is 0 Å². The summed E-state index contributed by atoms with van der Waals surface area (Å²) < 4.78 is 9.87. The molecule has 0 bridgehead atoms. The summed E-state index contributed by atoms with van der Waals surface area (Å²) in [6.45, 7) is 0. The van der Waals surface area contributed by atoms with Gasteiger partial charge in [-0.15, -0.1) is 23.8 Å². The Morgan fingerprint density at radius 3 is 2.57 bits per heavy atom. The molecular weight excluding hydrogens is 173 g/mol. The zero-order chi connectivity index (χ0) is 9.10. The van der Waals surface area contributed by atoms with Crippen LogP contribution in [-0.4, -0.2) is 12.3 Å². The minimum atomic E-state index is 0. The zero-order valence-corrected chi connectivity index (χ0v) is 8.15. The fourth-order valence-corrected chi connectivity index (χ4v) is 1.03. The quantitative estimate of drug-likeness (QED) is 0.447. The molecule has 1 aromatic carbocycles. The fraction of sp³-hybridized carbons (Fsp3) is 0.100. The third kappa shape index (κ3) is 2.19. The first-order valence-corrected chi connectivity index (χ1v) is 3.88. The zero-order valence-electron chi connectivity index (χ0n) is 8.15. The topological polar surface area (TPSA) is 35.3 Å². The molecule has 0 spiro atoms. The van der Waals surface area contributed by atoms with Gasteiger partial charge in [-0.25, -0.2) is 0 Å². The van der Waals surface area contributed by atoms with E-state index in [-0.39, 0.29) is 18.9 Å². The van der Waals surface area contributed by atoms with E-state index in [0.29, 0.717) is 11.6 Å². The smallest absolute Gasteiger partial charge is 0.494 e. The number of aromatic nitrogens is 1. The summed E-state index contributed by atoms with van der Waals surface area (Å²) in [5.41, 5.74) is 0.943. The molecule has 1 heterocycles. The van der Waals surface area contributed by atoms with E-state index in [1.807, 2.05) is 30.3 Å². The summed E-state index contributed by atoms with van der Waals surface area (Å²) in [6, 6.07) is 12.5. The normalized spacial score (nSPS) is 9.21. The van der Waals surface area contributed by atoms with Gasteiger partial charge in [-0.2, -0.15) is 0 Å². The Bertz CT molecular complexity index is 386. The number of ether oxygens (including phenoxy) is 1. The van der Waals surface area contributed by atoms with Gasteiger partial charge in [0.25, 0.3) is 0 Å². The van der Waals surface area contributed by atoms with Gasteiger partial charge in [-0.05, 0) is 0 Å². The van der Waals surface area contributed by atoms with Crippen molar-refractivity contribution in [3.8, 4) is 17.2 Å². The SMILES string of the molecule is COc1[c-]c(-c2ccccc2)on1.[Li+]. The molecule has 2 rings (SSSR count). The molecule has 66 valence electrons. The van der Waals surface area contributed by atoms with E-state index in [4.69, 9.17) is 9.26 Å². The molecule has 0 aliphatic rings. The van der Waals surface area contributed by atoms with E-state index in [1.54, 1.807) is 0 Å². The van der Waals surface area contributed by atoms with Crippen LogP contribution in [0.3, 0.4) is 0 Å². The fourth-order valence-electron chi connectivity index (χ4n) is 1.03. The van der Waals surface area contributed by atoms with Gasteiger partial charge >= 0.3 is 18.9 Å². The van der Waals surface area contributed by atoms with Gasteiger partial charge in [0.1, 0.15) is 0 Å². The first-order valence-electron chi connectivity index (χ1n) is 3.88. The van der Waals surface area contributed by atoms with E-state index in [0.717, 1.165) is 5.56 Å². The van der Waals surface area contributed by atoms with Crippen LogP contribution in [0.15, 0.2) is 34.9 Å². The summed E-state index contributed by atoms with van der Waals surface area (Å²) in [6.07, 6.45) is 0. The molecule has 0 atom stereocenters. The first kappa shape index (κ1) is 10.9. The molecule has 0 aliphatic carbocycles. The molecule has 4 heteroatoms. The molecule has 1 aromatic heterocycles. The van der Waals surface area contributed by atoms with Gasteiger partial charge in [0.15, 0.2) is 5.88 Å². The number of benzene rings is 1. The van der Waals surface area contributed by atoms with Crippen LogP contribution < -0.4 is 23.6 Å². The van der Waals surface area contributed by atoms with Gasteiger partial charge in [-0.3, -0.25) is 0 Å². The summed E-state index contributed by atoms with van der Waals surface area (Å²) in [4.78, 5) is 0. The van der Waals surface area contributed by atoms with Crippen molar-refractivity contribution in [1.29, 1.82) is 0 Å². The largest absolute Gasteiger partial charge is 1.00 e. The van der Waals surface area contributed by atoms with Crippen molar-refractivity contribution in [2.45, 2.75) is 0 Å². The molecule has 0 saturated carbocycles. The van der Waals surface area contributed by atoms with Crippen LogP contribution in [0.2, 0.25) is 0 Å². The number of rotatable bonds is 2. The maximum absolute atomic E-state index is 5.01. The summed E-state index contributed by atoms with van der Waals surface area (Å²) >= 11 is 0. The van der Waals surface area contributed by atoms with Crippen molar-refractivity contribution in [1.82, 2.24) is 5.16 Å². The molecule has 0 saturated heterocycles. The molecule has 0 amide bonds. The van der Waals surface area contributed by atoms with E-state index < -0.39 is 0 Å². The van der Waals surface area contributed by atoms with Crippen LogP contribution in [-0.2, 0) is 0 Å². The third-order valence-electron chi connectivity index (χ3n) is 1.67. The van der Waals surface area contributed by atoms with Crippen LogP contribution in [0.25, 0.3) is 11.3 Å². The minimum Gasteiger partial charge on any atom is -0.494 e. The van der Waals surface area contributed by atoms with Crippen molar-refractivity contribution < 1.29 is 28.1 Å². The van der Waals surface area contributed by atoms with Gasteiger partial charge in [0, 0.05) is 5.76 Å². The van der Waals surface area contributed by atoms with Crippen molar-refractivity contribution in [3.05, 3.63) is 36.4 Å². The summed E-state index contributed by atoms with van der Waals surface area (Å²) in [7, 11) is 1.53. The molecule has 0 fully saturated rings. The van der Waals surface area contributed by atoms with Crippen molar-refractivity contribution in [2.24, 2.45) is 0 Å². The molecule has 0 aliphatic heterocycles. The van der Waals surface area contributed by atoms with Gasteiger partial charge in [-0.1, -0.05) is 23.4 Å². The van der Waals surface area contributed by atoms with Gasteiger partial charge < -0.3 is 9.26 Å². The minimum absolute atomic E-state index is 0. The summed E-state index contributed by atoms with van der Waals surface area (Å²) in [5, 5.41) is 3.66. The van der Waals surface area contributed by atoms with Crippen LogP contribution in [0.5, 0.6) is 5.88 Å². The maximum atomic E-state index is 5.01. The van der Waals surface area contributed by atoms with E-state index in [1.165, 1.54) is 7.11 Å². The number of nitrogens with zero attached hydrogens (tertiary/aromatic N) is 1. The predicted octanol–water partition coefficient (Wildman–Crippen LogP) is -0.846. The number of hydrogen-bond acceptors (Lipinski definition) is 3. The van der Waals surface area contributed by atoms with Crippen LogP contribution in [0.1, 0.15) is 0 Å². The second-order valence-corrected chi connectivity index (χ2v) is 2.51. The Morgan fingerprint density at radius 2 is 2.00 bits per heavy atom. The Kier molecular flexibility index (Phi) is 3.81. The Morgan fingerprint density at radius 1 is 1.29 bits per heavy atom. The van der Waals surface area contributed by atoms with Crippen molar-refractivity contribution in [3.63, 3.8) is 0 Å². The number of hydrogen-bond donors (Lipinski definition) is 0. The standard InChI is InChI=1S/C10H8NO2.Li/c1-12-10-7-9(13-11-10)8-5-3-2-4-6-8;/h2-6H,1H3;/q-1;+1. The Labute approximate surface area is 94.2 Å². The molecule has 14 heavy (non-hydrogen) atoms. The van der Waals surface area contributed by atoms with Gasteiger partial charge in [0.05, 0.1) is 7.11 Å². The molecule has 2 aromatic rings. The second kappa shape index (κ2) is 4.90. The molecular formula is C10H8LiNO2. The molecule has 0 radical (unpaired) electrons. The maximum Gasteiger partial charge on any atom is 1.00 e. The van der Waals surface area contributed by atoms with E-state index >= 15 is 0 Å². The summed E-state index contributed by atoms with van der Waals surface area (Å²) in [5.74, 6) is 0.969. The van der Waals surface area contributed by atoms with E-state index in [2.05, 4.69) is 11.2 Å². The van der Waals surface area contributed by atoms with Crippen LogP contribution in [0.4, 0.5) is 0 Å². The monoisotopic (exact) mass is 181 g/mol. The molecule has 3 nitrogen and oxygen atoms in total.